The third-order valence-electron chi connectivity index (χ3n) is 1.15. The summed E-state index contributed by atoms with van der Waals surface area (Å²) in [4.78, 5) is 0.684. The van der Waals surface area contributed by atoms with Crippen molar-refractivity contribution in [3.8, 4) is 0 Å². The van der Waals surface area contributed by atoms with E-state index in [1.807, 2.05) is 0 Å². The van der Waals surface area contributed by atoms with Crippen molar-refractivity contribution in [2.45, 2.75) is 9.79 Å². The second kappa shape index (κ2) is 2.77. The van der Waals surface area contributed by atoms with E-state index in [1.54, 1.807) is 0 Å². The first kappa shape index (κ1) is 8.45. The lowest BCUT2D eigenvalue weighted by Crippen LogP contribution is -2.11. The number of hydrogen-bond donors (Lipinski definition) is 1. The molecular weight excluding hydrogens is 182 g/mol. The van der Waals surface area contributed by atoms with Gasteiger partial charge in [-0.05, 0) is 24.3 Å². The molecule has 0 aliphatic rings. The molecule has 1 rings (SSSR count). The zero-order valence-corrected chi connectivity index (χ0v) is 7.15. The number of benzene rings is 1. The molecule has 59 valence electrons. The maximum absolute atomic E-state index is 10.7. The first-order valence-electron chi connectivity index (χ1n) is 2.80. The summed E-state index contributed by atoms with van der Waals surface area (Å²) in [5.41, 5.74) is 0. The highest BCUT2D eigenvalue weighted by Gasteiger charge is 2.05. The van der Waals surface area contributed by atoms with E-state index >= 15 is 0 Å². The van der Waals surface area contributed by atoms with Gasteiger partial charge in [-0.25, -0.2) is 13.6 Å². The van der Waals surface area contributed by atoms with Crippen LogP contribution >= 0.6 is 12.6 Å². The second-order valence-corrected chi connectivity index (χ2v) is 4.05. The van der Waals surface area contributed by atoms with Crippen LogP contribution in [0.25, 0.3) is 0 Å². The third kappa shape index (κ3) is 2.14. The van der Waals surface area contributed by atoms with Gasteiger partial charge in [0.1, 0.15) is 0 Å². The van der Waals surface area contributed by atoms with Gasteiger partial charge in [-0.15, -0.1) is 0 Å². The molecule has 1 aromatic rings. The molecule has 0 atom stereocenters. The van der Waals surface area contributed by atoms with Gasteiger partial charge in [0.2, 0.25) is 10.0 Å². The van der Waals surface area contributed by atoms with Crippen LogP contribution < -0.4 is 5.14 Å². The highest BCUT2D eigenvalue weighted by atomic mass is 32.2. The Morgan fingerprint density at radius 2 is 1.64 bits per heavy atom. The van der Waals surface area contributed by atoms with Crippen LogP contribution in [0.4, 0.5) is 0 Å². The number of nitrogens with two attached hydrogens (primary N) is 1. The van der Waals surface area contributed by atoms with Gasteiger partial charge in [-0.3, -0.25) is 0 Å². The van der Waals surface area contributed by atoms with Crippen LogP contribution in [0.15, 0.2) is 34.1 Å². The molecule has 11 heavy (non-hydrogen) atoms. The van der Waals surface area contributed by atoms with Crippen molar-refractivity contribution < 1.29 is 8.42 Å². The minimum absolute atomic E-state index is 0.0890. The Kier molecular flexibility index (Phi) is 2.12. The SMILES string of the molecule is NS(=O)(=O)c1ccc([S])cc1. The predicted molar refractivity (Wildman–Crippen MR) is 43.7 cm³/mol. The van der Waals surface area contributed by atoms with Crippen molar-refractivity contribution >= 4 is 22.7 Å². The van der Waals surface area contributed by atoms with Gasteiger partial charge in [0.25, 0.3) is 0 Å². The molecule has 3 nitrogen and oxygen atoms in total. The first-order chi connectivity index (χ1) is 5.00. The summed E-state index contributed by atoms with van der Waals surface area (Å²) in [6.45, 7) is 0. The summed E-state index contributed by atoms with van der Waals surface area (Å²) in [6, 6.07) is 5.82. The van der Waals surface area contributed by atoms with Gasteiger partial charge in [0, 0.05) is 4.90 Å². The molecule has 0 aromatic heterocycles. The smallest absolute Gasteiger partial charge is 0.225 e. The molecular formula is C6H6NO2S2. The zero-order chi connectivity index (χ0) is 8.48. The van der Waals surface area contributed by atoms with Gasteiger partial charge in [-0.2, -0.15) is 0 Å². The van der Waals surface area contributed by atoms with Crippen LogP contribution in [0, 0.1) is 0 Å². The van der Waals surface area contributed by atoms with Crippen molar-refractivity contribution in [1.82, 2.24) is 0 Å². The molecule has 1 aromatic carbocycles. The summed E-state index contributed by atoms with van der Waals surface area (Å²) in [5.74, 6) is 0. The van der Waals surface area contributed by atoms with Gasteiger partial charge in [-0.1, -0.05) is 12.6 Å². The third-order valence-corrected chi connectivity index (χ3v) is 2.35. The average molecular weight is 188 g/mol. The van der Waals surface area contributed by atoms with Crippen LogP contribution in [0.2, 0.25) is 0 Å². The lowest BCUT2D eigenvalue weighted by atomic mass is 10.4. The number of sulfonamides is 1. The normalized spacial score (nSPS) is 11.4. The molecule has 0 saturated carbocycles. The summed E-state index contributed by atoms with van der Waals surface area (Å²) in [5, 5.41) is 4.85. The molecule has 0 aliphatic carbocycles. The molecule has 5 heteroatoms. The lowest BCUT2D eigenvalue weighted by molar-refractivity contribution is 0.597. The molecule has 0 heterocycles. The molecule has 2 N–H and O–H groups in total. The largest absolute Gasteiger partial charge is 0.238 e. The fraction of sp³-hybridized carbons (Fsp3) is 0. The van der Waals surface area contributed by atoms with Crippen molar-refractivity contribution in [2.75, 3.05) is 0 Å². The minimum Gasteiger partial charge on any atom is -0.225 e. The molecule has 0 amide bonds. The van der Waals surface area contributed by atoms with Crippen molar-refractivity contribution in [3.05, 3.63) is 24.3 Å². The van der Waals surface area contributed by atoms with E-state index in [9.17, 15) is 8.42 Å². The highest BCUT2D eigenvalue weighted by molar-refractivity contribution is 7.89. The fourth-order valence-electron chi connectivity index (χ4n) is 0.629. The molecule has 0 spiro atoms. The Balaban J connectivity index is 3.20. The van der Waals surface area contributed by atoms with Crippen molar-refractivity contribution in [1.29, 1.82) is 0 Å². The van der Waals surface area contributed by atoms with E-state index in [0.29, 0.717) is 4.90 Å². The Labute approximate surface area is 70.7 Å². The number of hydrogen-bond acceptors (Lipinski definition) is 2. The molecule has 0 saturated heterocycles. The van der Waals surface area contributed by atoms with Crippen LogP contribution in [0.3, 0.4) is 0 Å². The standard InChI is InChI=1S/C6H6NO2S2/c7-11(8,9)6-3-1-5(10)2-4-6/h1-4H,(H2,7,8,9). The number of rotatable bonds is 1. The van der Waals surface area contributed by atoms with E-state index < -0.39 is 10.0 Å². The van der Waals surface area contributed by atoms with Crippen LogP contribution in [0.5, 0.6) is 0 Å². The predicted octanol–water partition coefficient (Wildman–Crippen LogP) is 0.890. The molecule has 0 aliphatic heterocycles. The maximum Gasteiger partial charge on any atom is 0.238 e. The lowest BCUT2D eigenvalue weighted by Gasteiger charge is -1.95. The van der Waals surface area contributed by atoms with Crippen LogP contribution in [0.1, 0.15) is 0 Å². The monoisotopic (exact) mass is 188 g/mol. The van der Waals surface area contributed by atoms with Gasteiger partial charge < -0.3 is 0 Å². The summed E-state index contributed by atoms with van der Waals surface area (Å²) >= 11 is 4.76. The minimum atomic E-state index is -3.57. The zero-order valence-electron chi connectivity index (χ0n) is 5.52. The molecule has 1 radical (unpaired) electrons. The van der Waals surface area contributed by atoms with E-state index in [1.165, 1.54) is 24.3 Å². The Hall–Kier alpha value is -0.650. The first-order valence-corrected chi connectivity index (χ1v) is 4.75. The molecule has 0 fully saturated rings. The maximum atomic E-state index is 10.7. The van der Waals surface area contributed by atoms with Gasteiger partial charge in [0.05, 0.1) is 4.90 Å². The fourth-order valence-corrected chi connectivity index (χ4v) is 1.28. The van der Waals surface area contributed by atoms with E-state index in [2.05, 4.69) is 0 Å². The van der Waals surface area contributed by atoms with Crippen molar-refractivity contribution in [3.63, 3.8) is 0 Å². The molecule has 0 unspecified atom stereocenters. The van der Waals surface area contributed by atoms with Crippen molar-refractivity contribution in [2.24, 2.45) is 5.14 Å². The average Bonchev–Trinajstić information content (AvgIpc) is 1.86. The summed E-state index contributed by atoms with van der Waals surface area (Å²) in [7, 11) is -3.57. The highest BCUT2D eigenvalue weighted by Crippen LogP contribution is 2.10. The quantitative estimate of drug-likeness (QED) is 0.711. The van der Waals surface area contributed by atoms with Crippen LogP contribution in [-0.4, -0.2) is 8.42 Å². The van der Waals surface area contributed by atoms with Crippen LogP contribution in [-0.2, 0) is 10.0 Å². The van der Waals surface area contributed by atoms with E-state index in [4.69, 9.17) is 17.8 Å². The topological polar surface area (TPSA) is 60.2 Å². The Morgan fingerprint density at radius 3 is 2.00 bits per heavy atom. The number of primary sulfonamides is 1. The van der Waals surface area contributed by atoms with E-state index in [-0.39, 0.29) is 4.90 Å². The Bertz CT molecular complexity index is 341. The van der Waals surface area contributed by atoms with Gasteiger partial charge in [0.15, 0.2) is 0 Å². The second-order valence-electron chi connectivity index (χ2n) is 2.02. The molecule has 0 bridgehead atoms. The summed E-state index contributed by atoms with van der Waals surface area (Å²) in [6.07, 6.45) is 0. The van der Waals surface area contributed by atoms with Gasteiger partial charge >= 0.3 is 0 Å². The Morgan fingerprint density at radius 1 is 1.18 bits per heavy atom. The summed E-state index contributed by atoms with van der Waals surface area (Å²) < 4.78 is 21.4. The van der Waals surface area contributed by atoms with E-state index in [0.717, 1.165) is 0 Å².